The van der Waals surface area contributed by atoms with E-state index in [0.29, 0.717) is 34.5 Å². The van der Waals surface area contributed by atoms with Gasteiger partial charge in [0.15, 0.2) is 0 Å². The van der Waals surface area contributed by atoms with Crippen LogP contribution in [-0.4, -0.2) is 29.1 Å². The summed E-state index contributed by atoms with van der Waals surface area (Å²) >= 11 is 0. The van der Waals surface area contributed by atoms with Gasteiger partial charge in [-0.05, 0) is 48.0 Å². The lowest BCUT2D eigenvalue weighted by molar-refractivity contribution is 0.628. The molecule has 136 valence electrons. The molecule has 0 atom stereocenters. The van der Waals surface area contributed by atoms with E-state index in [4.69, 9.17) is 0 Å². The summed E-state index contributed by atoms with van der Waals surface area (Å²) < 4.78 is 16.6. The van der Waals surface area contributed by atoms with Crippen LogP contribution in [0.1, 0.15) is 5.56 Å². The first kappa shape index (κ1) is 16.2. The average Bonchev–Trinajstić information content (AvgIpc) is 3.18. The molecular weight excluding hydrogens is 359 g/mol. The Morgan fingerprint density at radius 2 is 1.79 bits per heavy atom. The monoisotopic (exact) mass is 372 g/mol. The number of fused-ring (bicyclic) bond motifs is 2. The number of nitrogens with zero attached hydrogens (tertiary/aromatic N) is 6. The van der Waals surface area contributed by atoms with Crippen LogP contribution >= 0.6 is 0 Å². The summed E-state index contributed by atoms with van der Waals surface area (Å²) in [4.78, 5) is 25.9. The van der Waals surface area contributed by atoms with E-state index in [1.807, 2.05) is 12.1 Å². The maximum atomic E-state index is 13.4. The highest BCUT2D eigenvalue weighted by Gasteiger charge is 2.17. The lowest BCUT2D eigenvalue weighted by atomic mass is 10.1. The van der Waals surface area contributed by atoms with E-state index in [-0.39, 0.29) is 11.4 Å². The molecule has 0 spiro atoms. The summed E-state index contributed by atoms with van der Waals surface area (Å²) in [5.74, 6) is 0.0187. The Hall–Kier alpha value is -3.94. The van der Waals surface area contributed by atoms with Gasteiger partial charge in [-0.15, -0.1) is 0 Å². The molecule has 4 aromatic heterocycles. The van der Waals surface area contributed by atoms with Gasteiger partial charge in [-0.3, -0.25) is 9.78 Å². The number of halogens is 1. The first-order valence-corrected chi connectivity index (χ1v) is 8.58. The van der Waals surface area contributed by atoms with E-state index in [2.05, 4.69) is 20.1 Å². The molecular formula is C20H13FN6O. The van der Waals surface area contributed by atoms with Crippen molar-refractivity contribution in [2.45, 2.75) is 6.54 Å². The molecule has 0 saturated carbocycles. The Labute approximate surface area is 157 Å². The maximum absolute atomic E-state index is 13.4. The van der Waals surface area contributed by atoms with Crippen molar-refractivity contribution in [3.05, 3.63) is 89.1 Å². The van der Waals surface area contributed by atoms with Crippen LogP contribution in [0.3, 0.4) is 0 Å². The van der Waals surface area contributed by atoms with Crippen molar-refractivity contribution in [3.8, 4) is 11.3 Å². The molecule has 5 rings (SSSR count). The van der Waals surface area contributed by atoms with Gasteiger partial charge < -0.3 is 4.57 Å². The fraction of sp³-hybridized carbons (Fsp3) is 0.0500. The highest BCUT2D eigenvalue weighted by atomic mass is 19.1. The van der Waals surface area contributed by atoms with Crippen molar-refractivity contribution in [2.24, 2.45) is 0 Å². The highest BCUT2D eigenvalue weighted by molar-refractivity contribution is 5.93. The topological polar surface area (TPSA) is 78.0 Å². The number of benzene rings is 1. The minimum Gasteiger partial charge on any atom is -0.310 e. The van der Waals surface area contributed by atoms with Gasteiger partial charge in [-0.25, -0.2) is 9.37 Å². The van der Waals surface area contributed by atoms with Gasteiger partial charge >= 0.3 is 0 Å². The van der Waals surface area contributed by atoms with Crippen LogP contribution in [0.15, 0.2) is 72.2 Å². The number of pyridine rings is 2. The summed E-state index contributed by atoms with van der Waals surface area (Å²) in [6, 6.07) is 11.4. The maximum Gasteiger partial charge on any atom is 0.262 e. The van der Waals surface area contributed by atoms with E-state index < -0.39 is 0 Å². The summed E-state index contributed by atoms with van der Waals surface area (Å²) in [5.41, 5.74) is 2.44. The molecule has 0 aliphatic carbocycles. The predicted molar refractivity (Wildman–Crippen MR) is 101 cm³/mol. The molecule has 0 aliphatic heterocycles. The molecule has 1 aromatic carbocycles. The summed E-state index contributed by atoms with van der Waals surface area (Å²) in [6.07, 6.45) is 6.46. The van der Waals surface area contributed by atoms with Crippen LogP contribution in [0.2, 0.25) is 0 Å². The zero-order chi connectivity index (χ0) is 19.1. The Morgan fingerprint density at radius 3 is 2.57 bits per heavy atom. The van der Waals surface area contributed by atoms with Crippen molar-refractivity contribution in [3.63, 3.8) is 0 Å². The largest absolute Gasteiger partial charge is 0.310 e. The number of rotatable bonds is 3. The Bertz CT molecular complexity index is 1360. The van der Waals surface area contributed by atoms with Gasteiger partial charge in [-0.2, -0.15) is 14.6 Å². The van der Waals surface area contributed by atoms with E-state index >= 15 is 0 Å². The minimum atomic E-state index is -0.355. The molecule has 7 nitrogen and oxygen atoms in total. The fourth-order valence-corrected chi connectivity index (χ4v) is 3.25. The lowest BCUT2D eigenvalue weighted by Gasteiger charge is -2.11. The van der Waals surface area contributed by atoms with E-state index in [0.717, 1.165) is 5.56 Å². The third-order valence-electron chi connectivity index (χ3n) is 4.56. The van der Waals surface area contributed by atoms with E-state index in [9.17, 15) is 9.18 Å². The van der Waals surface area contributed by atoms with Crippen LogP contribution < -0.4 is 5.56 Å². The van der Waals surface area contributed by atoms with Crippen LogP contribution in [0, 0.1) is 5.82 Å². The quantitative estimate of drug-likeness (QED) is 0.487. The first-order valence-electron chi connectivity index (χ1n) is 8.58. The van der Waals surface area contributed by atoms with Crippen molar-refractivity contribution in [1.29, 1.82) is 0 Å². The molecule has 0 bridgehead atoms. The smallest absolute Gasteiger partial charge is 0.262 e. The second-order valence-corrected chi connectivity index (χ2v) is 6.30. The first-order chi connectivity index (χ1) is 13.7. The Morgan fingerprint density at radius 1 is 1.00 bits per heavy atom. The molecule has 0 radical (unpaired) electrons. The van der Waals surface area contributed by atoms with E-state index in [1.54, 1.807) is 41.4 Å². The van der Waals surface area contributed by atoms with Gasteiger partial charge in [0.1, 0.15) is 12.1 Å². The minimum absolute atomic E-state index is 0.210. The SMILES string of the molecule is O=c1c2c(-c3ccc(F)cc3)n3ncnc3nc2ccn1Cc1ccncc1. The zero-order valence-electron chi connectivity index (χ0n) is 14.5. The number of hydrogen-bond acceptors (Lipinski definition) is 5. The van der Waals surface area contributed by atoms with Crippen molar-refractivity contribution < 1.29 is 4.39 Å². The van der Waals surface area contributed by atoms with Gasteiger partial charge in [0.05, 0.1) is 23.1 Å². The molecule has 4 heterocycles. The molecule has 0 aliphatic rings. The normalized spacial score (nSPS) is 11.3. The van der Waals surface area contributed by atoms with Gasteiger partial charge in [0, 0.05) is 24.2 Å². The third kappa shape index (κ3) is 2.62. The van der Waals surface area contributed by atoms with Crippen LogP contribution in [0.5, 0.6) is 0 Å². The second-order valence-electron chi connectivity index (χ2n) is 6.30. The van der Waals surface area contributed by atoms with Gasteiger partial charge in [-0.1, -0.05) is 0 Å². The second kappa shape index (κ2) is 6.34. The number of aromatic nitrogens is 6. The average molecular weight is 372 g/mol. The Kier molecular flexibility index (Phi) is 3.68. The zero-order valence-corrected chi connectivity index (χ0v) is 14.5. The summed E-state index contributed by atoms with van der Waals surface area (Å²) in [7, 11) is 0. The third-order valence-corrected chi connectivity index (χ3v) is 4.56. The van der Waals surface area contributed by atoms with Crippen molar-refractivity contribution in [2.75, 3.05) is 0 Å². The predicted octanol–water partition coefficient (Wildman–Crippen LogP) is 2.69. The van der Waals surface area contributed by atoms with Crippen LogP contribution in [0.4, 0.5) is 4.39 Å². The molecule has 0 saturated heterocycles. The standard InChI is InChI=1S/C20H13FN6O/c21-15-3-1-14(2-4-15)18-17-16(25-20-23-12-24-27(18)20)7-10-26(19(17)28)11-13-5-8-22-9-6-13/h1-10,12H,11H2. The molecule has 0 amide bonds. The van der Waals surface area contributed by atoms with E-state index in [1.165, 1.54) is 23.0 Å². The molecule has 0 N–H and O–H groups in total. The Balaban J connectivity index is 1.81. The molecule has 28 heavy (non-hydrogen) atoms. The molecule has 0 unspecified atom stereocenters. The van der Waals surface area contributed by atoms with Gasteiger partial charge in [0.25, 0.3) is 11.3 Å². The fourth-order valence-electron chi connectivity index (χ4n) is 3.25. The van der Waals surface area contributed by atoms with Crippen LogP contribution in [-0.2, 0) is 6.54 Å². The van der Waals surface area contributed by atoms with Crippen molar-refractivity contribution >= 4 is 16.7 Å². The summed E-state index contributed by atoms with van der Waals surface area (Å²) in [5, 5.41) is 4.62. The van der Waals surface area contributed by atoms with Crippen LogP contribution in [0.25, 0.3) is 27.9 Å². The lowest BCUT2D eigenvalue weighted by Crippen LogP contribution is -2.22. The molecule has 8 heteroatoms. The summed E-state index contributed by atoms with van der Waals surface area (Å²) in [6.45, 7) is 0.398. The number of hydrogen-bond donors (Lipinski definition) is 0. The molecule has 0 fully saturated rings. The van der Waals surface area contributed by atoms with Gasteiger partial charge in [0.2, 0.25) is 0 Å². The molecule has 5 aromatic rings. The highest BCUT2D eigenvalue weighted by Crippen LogP contribution is 2.26. The van der Waals surface area contributed by atoms with Crippen molar-refractivity contribution in [1.82, 2.24) is 29.1 Å².